The highest BCUT2D eigenvalue weighted by molar-refractivity contribution is 7.89. The smallest absolute Gasteiger partial charge is 0.321 e. The molecule has 7 heteroatoms. The summed E-state index contributed by atoms with van der Waals surface area (Å²) < 4.78 is 36.7. The van der Waals surface area contributed by atoms with Gasteiger partial charge in [0.1, 0.15) is 24.7 Å². The number of benzene rings is 2. The number of esters is 1. The number of hydrogen-bond acceptors (Lipinski definition) is 5. The molecule has 2 aromatic rings. The lowest BCUT2D eigenvalue weighted by molar-refractivity contribution is -0.140. The number of nitrogens with one attached hydrogen (secondary N) is 1. The molecule has 0 aliphatic carbocycles. The van der Waals surface area contributed by atoms with Crippen molar-refractivity contribution in [3.63, 3.8) is 0 Å². The van der Waals surface area contributed by atoms with Gasteiger partial charge in [0.25, 0.3) is 0 Å². The van der Waals surface area contributed by atoms with Crippen LogP contribution < -0.4 is 9.46 Å². The lowest BCUT2D eigenvalue weighted by Crippen LogP contribution is -2.30. The minimum Gasteiger partial charge on any atom is -0.460 e. The topological polar surface area (TPSA) is 81.7 Å². The summed E-state index contributed by atoms with van der Waals surface area (Å²) in [5.41, 5.74) is 0. The maximum absolute atomic E-state index is 12.1. The second-order valence-electron chi connectivity index (χ2n) is 4.68. The Morgan fingerprint density at radius 3 is 2.29 bits per heavy atom. The molecule has 6 nitrogen and oxygen atoms in total. The predicted octanol–water partition coefficient (Wildman–Crippen LogP) is 2.49. The molecule has 24 heavy (non-hydrogen) atoms. The molecule has 0 spiro atoms. The lowest BCUT2D eigenvalue weighted by Gasteiger charge is -2.08. The average molecular weight is 347 g/mol. The standard InChI is InChI=1S/C17H17NO5S/c1-2-12-22-17(19)13-18-24(20,21)16-10-8-15(9-11-16)23-14-6-4-3-5-7-14/h2-11,18H,1,12-13H2. The van der Waals surface area contributed by atoms with E-state index in [2.05, 4.69) is 11.3 Å². The van der Waals surface area contributed by atoms with Crippen LogP contribution in [0.25, 0.3) is 0 Å². The molecule has 2 aromatic carbocycles. The van der Waals surface area contributed by atoms with Crippen LogP contribution in [0.1, 0.15) is 0 Å². The monoisotopic (exact) mass is 347 g/mol. The Labute approximate surface area is 140 Å². The molecule has 0 unspecified atom stereocenters. The number of para-hydroxylation sites is 1. The SMILES string of the molecule is C=CCOC(=O)CNS(=O)(=O)c1ccc(Oc2ccccc2)cc1. The van der Waals surface area contributed by atoms with Gasteiger partial charge < -0.3 is 9.47 Å². The van der Waals surface area contributed by atoms with E-state index in [4.69, 9.17) is 9.47 Å². The van der Waals surface area contributed by atoms with Crippen molar-refractivity contribution in [1.29, 1.82) is 0 Å². The summed E-state index contributed by atoms with van der Waals surface area (Å²) in [6, 6.07) is 15.0. The number of carbonyl (C=O) groups excluding carboxylic acids is 1. The van der Waals surface area contributed by atoms with Gasteiger partial charge in [0.15, 0.2) is 0 Å². The molecule has 0 saturated carbocycles. The highest BCUT2D eigenvalue weighted by atomic mass is 32.2. The molecule has 2 rings (SSSR count). The van der Waals surface area contributed by atoms with Gasteiger partial charge in [0.2, 0.25) is 10.0 Å². The van der Waals surface area contributed by atoms with Crippen LogP contribution in [0.4, 0.5) is 0 Å². The quantitative estimate of drug-likeness (QED) is 0.586. The summed E-state index contributed by atoms with van der Waals surface area (Å²) in [5, 5.41) is 0. The van der Waals surface area contributed by atoms with Crippen molar-refractivity contribution < 1.29 is 22.7 Å². The van der Waals surface area contributed by atoms with Crippen molar-refractivity contribution >= 4 is 16.0 Å². The van der Waals surface area contributed by atoms with Crippen LogP contribution in [0, 0.1) is 0 Å². The molecule has 0 aromatic heterocycles. The van der Waals surface area contributed by atoms with E-state index in [1.165, 1.54) is 30.3 Å². The molecule has 126 valence electrons. The Bertz CT molecular complexity index is 785. The fourth-order valence-corrected chi connectivity index (χ4v) is 2.72. The van der Waals surface area contributed by atoms with Gasteiger partial charge in [-0.15, -0.1) is 0 Å². The minimum atomic E-state index is -3.80. The zero-order valence-electron chi connectivity index (χ0n) is 12.8. The van der Waals surface area contributed by atoms with E-state index >= 15 is 0 Å². The number of rotatable bonds is 8. The summed E-state index contributed by atoms with van der Waals surface area (Å²) in [7, 11) is -3.80. The van der Waals surface area contributed by atoms with E-state index in [-0.39, 0.29) is 11.5 Å². The van der Waals surface area contributed by atoms with Crippen molar-refractivity contribution in [2.75, 3.05) is 13.2 Å². The molecule has 0 radical (unpaired) electrons. The van der Waals surface area contributed by atoms with Crippen LogP contribution in [-0.4, -0.2) is 27.5 Å². The number of ether oxygens (including phenoxy) is 2. The van der Waals surface area contributed by atoms with E-state index in [1.807, 2.05) is 18.2 Å². The molecule has 0 heterocycles. The Balaban J connectivity index is 1.98. The van der Waals surface area contributed by atoms with Crippen molar-refractivity contribution in [2.24, 2.45) is 0 Å². The molecular weight excluding hydrogens is 330 g/mol. The second kappa shape index (κ2) is 8.28. The number of carbonyl (C=O) groups is 1. The van der Waals surface area contributed by atoms with Crippen molar-refractivity contribution in [1.82, 2.24) is 4.72 Å². The van der Waals surface area contributed by atoms with E-state index < -0.39 is 22.5 Å². The summed E-state index contributed by atoms with van der Waals surface area (Å²) in [6.07, 6.45) is 1.40. The Kier molecular flexibility index (Phi) is 6.11. The van der Waals surface area contributed by atoms with Gasteiger partial charge in [-0.3, -0.25) is 4.79 Å². The third-order valence-corrected chi connectivity index (χ3v) is 4.30. The maximum Gasteiger partial charge on any atom is 0.321 e. The normalized spacial score (nSPS) is 10.8. The fourth-order valence-electron chi connectivity index (χ4n) is 1.75. The predicted molar refractivity (Wildman–Crippen MR) is 89.3 cm³/mol. The molecule has 0 aliphatic heterocycles. The van der Waals surface area contributed by atoms with Crippen molar-refractivity contribution in [3.05, 3.63) is 67.3 Å². The first-order valence-electron chi connectivity index (χ1n) is 7.10. The summed E-state index contributed by atoms with van der Waals surface area (Å²) in [4.78, 5) is 11.3. The van der Waals surface area contributed by atoms with Crippen molar-refractivity contribution in [3.8, 4) is 11.5 Å². The highest BCUT2D eigenvalue weighted by Gasteiger charge is 2.16. The van der Waals surface area contributed by atoms with Gasteiger partial charge in [-0.25, -0.2) is 8.42 Å². The van der Waals surface area contributed by atoms with E-state index in [0.29, 0.717) is 11.5 Å². The van der Waals surface area contributed by atoms with Crippen LogP contribution in [0.2, 0.25) is 0 Å². The number of hydrogen-bond donors (Lipinski definition) is 1. The molecule has 0 saturated heterocycles. The summed E-state index contributed by atoms with van der Waals surface area (Å²) in [6.45, 7) is 2.99. The molecule has 0 atom stereocenters. The van der Waals surface area contributed by atoms with Crippen LogP contribution in [0.5, 0.6) is 11.5 Å². The first-order valence-corrected chi connectivity index (χ1v) is 8.59. The van der Waals surface area contributed by atoms with Crippen LogP contribution in [-0.2, 0) is 19.6 Å². The molecule has 0 amide bonds. The highest BCUT2D eigenvalue weighted by Crippen LogP contribution is 2.22. The second-order valence-corrected chi connectivity index (χ2v) is 6.45. The Morgan fingerprint density at radius 2 is 1.67 bits per heavy atom. The van der Waals surface area contributed by atoms with Gasteiger partial charge in [-0.2, -0.15) is 4.72 Å². The zero-order chi connectivity index (χ0) is 17.4. The van der Waals surface area contributed by atoms with E-state index in [0.717, 1.165) is 0 Å². The van der Waals surface area contributed by atoms with Gasteiger partial charge in [0, 0.05) is 0 Å². The summed E-state index contributed by atoms with van der Waals surface area (Å²) >= 11 is 0. The maximum atomic E-state index is 12.1. The third kappa shape index (κ3) is 5.22. The largest absolute Gasteiger partial charge is 0.460 e. The van der Waals surface area contributed by atoms with E-state index in [9.17, 15) is 13.2 Å². The fraction of sp³-hybridized carbons (Fsp3) is 0.118. The Morgan fingerprint density at radius 1 is 1.04 bits per heavy atom. The van der Waals surface area contributed by atoms with Gasteiger partial charge in [-0.1, -0.05) is 30.9 Å². The van der Waals surface area contributed by atoms with Crippen LogP contribution in [0.15, 0.2) is 72.1 Å². The summed E-state index contributed by atoms with van der Waals surface area (Å²) in [5.74, 6) is 0.476. The van der Waals surface area contributed by atoms with Gasteiger partial charge in [0.05, 0.1) is 4.90 Å². The first kappa shape index (κ1) is 17.7. The lowest BCUT2D eigenvalue weighted by atomic mass is 10.3. The zero-order valence-corrected chi connectivity index (χ0v) is 13.7. The molecular formula is C17H17NO5S. The minimum absolute atomic E-state index is 0.0273. The Hall–Kier alpha value is -2.64. The van der Waals surface area contributed by atoms with Crippen LogP contribution in [0.3, 0.4) is 0 Å². The molecule has 0 aliphatic rings. The molecule has 1 N–H and O–H groups in total. The van der Waals surface area contributed by atoms with E-state index in [1.54, 1.807) is 12.1 Å². The number of sulfonamides is 1. The van der Waals surface area contributed by atoms with Gasteiger partial charge in [-0.05, 0) is 36.4 Å². The van der Waals surface area contributed by atoms with Crippen LogP contribution >= 0.6 is 0 Å². The van der Waals surface area contributed by atoms with Crippen molar-refractivity contribution in [2.45, 2.75) is 4.90 Å². The molecule has 0 fully saturated rings. The first-order chi connectivity index (χ1) is 11.5. The third-order valence-electron chi connectivity index (χ3n) is 2.88. The molecule has 0 bridgehead atoms. The van der Waals surface area contributed by atoms with Gasteiger partial charge >= 0.3 is 5.97 Å². The average Bonchev–Trinajstić information content (AvgIpc) is 2.59.